The second kappa shape index (κ2) is 5.21. The molecule has 1 saturated heterocycles. The summed E-state index contributed by atoms with van der Waals surface area (Å²) in [5.74, 6) is 0.624. The van der Waals surface area contributed by atoms with Crippen LogP contribution in [0.3, 0.4) is 0 Å². The van der Waals surface area contributed by atoms with Crippen molar-refractivity contribution in [2.24, 2.45) is 0 Å². The first-order valence-corrected chi connectivity index (χ1v) is 6.12. The van der Waals surface area contributed by atoms with Crippen LogP contribution in [0.5, 0.6) is 5.75 Å². The predicted molar refractivity (Wildman–Crippen MR) is 67.8 cm³/mol. The zero-order valence-electron chi connectivity index (χ0n) is 10.7. The van der Waals surface area contributed by atoms with E-state index >= 15 is 0 Å². The number of hydrogen-bond donors (Lipinski definition) is 0. The van der Waals surface area contributed by atoms with Crippen LogP contribution in [-0.2, 0) is 4.79 Å². The first-order valence-electron chi connectivity index (χ1n) is 6.12. The largest absolute Gasteiger partial charge is 0.415 e. The highest BCUT2D eigenvalue weighted by Gasteiger charge is 2.23. The van der Waals surface area contributed by atoms with Gasteiger partial charge in [-0.1, -0.05) is 6.07 Å². The monoisotopic (exact) mass is 247 g/mol. The van der Waals surface area contributed by atoms with Crippen molar-refractivity contribution in [2.45, 2.75) is 26.7 Å². The van der Waals surface area contributed by atoms with Gasteiger partial charge < -0.3 is 9.64 Å². The minimum atomic E-state index is -0.439. The molecular formula is C14H17NO3. The Labute approximate surface area is 107 Å². The Morgan fingerprint density at radius 3 is 2.72 bits per heavy atom. The van der Waals surface area contributed by atoms with E-state index in [2.05, 4.69) is 0 Å². The SMILES string of the molecule is Cc1ccc(OC(=O)N2CCCC(=O)C2)cc1C. The van der Waals surface area contributed by atoms with E-state index in [4.69, 9.17) is 4.74 Å². The minimum Gasteiger partial charge on any atom is -0.410 e. The van der Waals surface area contributed by atoms with Gasteiger partial charge in [0, 0.05) is 13.0 Å². The Morgan fingerprint density at radius 2 is 2.06 bits per heavy atom. The Bertz CT molecular complexity index is 482. The average molecular weight is 247 g/mol. The summed E-state index contributed by atoms with van der Waals surface area (Å²) < 4.78 is 5.27. The van der Waals surface area contributed by atoms with E-state index in [-0.39, 0.29) is 12.3 Å². The van der Waals surface area contributed by atoms with E-state index in [9.17, 15) is 9.59 Å². The number of carbonyl (C=O) groups is 2. The molecule has 0 aliphatic carbocycles. The van der Waals surface area contributed by atoms with Gasteiger partial charge in [0.1, 0.15) is 5.75 Å². The molecule has 18 heavy (non-hydrogen) atoms. The number of benzene rings is 1. The third kappa shape index (κ3) is 2.88. The van der Waals surface area contributed by atoms with Crippen molar-refractivity contribution < 1.29 is 14.3 Å². The molecule has 4 heteroatoms. The maximum absolute atomic E-state index is 11.9. The number of carbonyl (C=O) groups excluding carboxylic acids is 2. The zero-order valence-corrected chi connectivity index (χ0v) is 10.7. The fourth-order valence-electron chi connectivity index (χ4n) is 1.94. The van der Waals surface area contributed by atoms with Crippen molar-refractivity contribution in [1.82, 2.24) is 4.90 Å². The van der Waals surface area contributed by atoms with Gasteiger partial charge in [0.15, 0.2) is 5.78 Å². The van der Waals surface area contributed by atoms with Gasteiger partial charge in [-0.05, 0) is 43.5 Å². The Balaban J connectivity index is 2.02. The highest BCUT2D eigenvalue weighted by molar-refractivity contribution is 5.85. The Morgan fingerprint density at radius 1 is 1.28 bits per heavy atom. The summed E-state index contributed by atoms with van der Waals surface area (Å²) in [7, 11) is 0. The van der Waals surface area contributed by atoms with Gasteiger partial charge in [-0.3, -0.25) is 4.79 Å². The van der Waals surface area contributed by atoms with E-state index in [1.165, 1.54) is 4.90 Å². The van der Waals surface area contributed by atoms with Crippen molar-refractivity contribution in [3.05, 3.63) is 29.3 Å². The highest BCUT2D eigenvalue weighted by atomic mass is 16.6. The topological polar surface area (TPSA) is 46.6 Å². The number of ketones is 1. The first-order chi connectivity index (χ1) is 8.56. The molecule has 0 saturated carbocycles. The first kappa shape index (κ1) is 12.6. The summed E-state index contributed by atoms with van der Waals surface area (Å²) in [5.41, 5.74) is 2.23. The van der Waals surface area contributed by atoms with Crippen molar-refractivity contribution in [3.63, 3.8) is 0 Å². The second-order valence-electron chi connectivity index (χ2n) is 4.68. The number of nitrogens with zero attached hydrogens (tertiary/aromatic N) is 1. The van der Waals surface area contributed by atoms with Crippen molar-refractivity contribution in [2.75, 3.05) is 13.1 Å². The van der Waals surface area contributed by atoms with Gasteiger partial charge in [0.2, 0.25) is 0 Å². The van der Waals surface area contributed by atoms with Crippen LogP contribution in [0.25, 0.3) is 0 Å². The van der Waals surface area contributed by atoms with Gasteiger partial charge >= 0.3 is 6.09 Å². The van der Waals surface area contributed by atoms with Gasteiger partial charge in [0.25, 0.3) is 0 Å². The number of amides is 1. The predicted octanol–water partition coefficient (Wildman–Crippen LogP) is 2.47. The molecule has 2 rings (SSSR count). The number of Topliss-reactive ketones (excluding diaryl/α,β-unsaturated/α-hetero) is 1. The van der Waals surface area contributed by atoms with E-state index in [0.717, 1.165) is 17.5 Å². The number of likely N-dealkylation sites (tertiary alicyclic amines) is 1. The molecule has 0 bridgehead atoms. The van der Waals surface area contributed by atoms with Crippen molar-refractivity contribution in [1.29, 1.82) is 0 Å². The maximum Gasteiger partial charge on any atom is 0.415 e. The van der Waals surface area contributed by atoms with Crippen LogP contribution in [0.2, 0.25) is 0 Å². The summed E-state index contributed by atoms with van der Waals surface area (Å²) in [4.78, 5) is 24.6. The lowest BCUT2D eigenvalue weighted by molar-refractivity contribution is -0.121. The summed E-state index contributed by atoms with van der Waals surface area (Å²) in [6.45, 7) is 4.74. The molecule has 0 atom stereocenters. The molecule has 1 aromatic carbocycles. The molecule has 1 heterocycles. The minimum absolute atomic E-state index is 0.0956. The van der Waals surface area contributed by atoms with Crippen LogP contribution in [0, 0.1) is 13.8 Å². The number of ether oxygens (including phenoxy) is 1. The zero-order chi connectivity index (χ0) is 13.1. The van der Waals surface area contributed by atoms with E-state index < -0.39 is 6.09 Å². The van der Waals surface area contributed by atoms with Crippen LogP contribution >= 0.6 is 0 Å². The molecule has 1 amide bonds. The smallest absolute Gasteiger partial charge is 0.410 e. The average Bonchev–Trinajstić information content (AvgIpc) is 2.34. The lowest BCUT2D eigenvalue weighted by atomic mass is 10.1. The van der Waals surface area contributed by atoms with Crippen LogP contribution in [0.4, 0.5) is 4.79 Å². The second-order valence-corrected chi connectivity index (χ2v) is 4.68. The molecule has 0 spiro atoms. The van der Waals surface area contributed by atoms with Crippen LogP contribution in [-0.4, -0.2) is 29.9 Å². The third-order valence-corrected chi connectivity index (χ3v) is 3.19. The number of piperidine rings is 1. The van der Waals surface area contributed by atoms with Gasteiger partial charge in [0.05, 0.1) is 6.54 Å². The normalized spacial score (nSPS) is 15.7. The molecule has 1 aliphatic heterocycles. The molecule has 1 aliphatic rings. The van der Waals surface area contributed by atoms with Gasteiger partial charge in [-0.25, -0.2) is 4.79 Å². The molecule has 4 nitrogen and oxygen atoms in total. The van der Waals surface area contributed by atoms with E-state index in [1.807, 2.05) is 26.0 Å². The number of aryl methyl sites for hydroxylation is 2. The standard InChI is InChI=1S/C14H17NO3/c1-10-5-6-13(8-11(10)2)18-14(17)15-7-3-4-12(16)9-15/h5-6,8H,3-4,7,9H2,1-2H3. The Hall–Kier alpha value is -1.84. The summed E-state index contributed by atoms with van der Waals surface area (Å²) in [6.07, 6.45) is 0.847. The van der Waals surface area contributed by atoms with Crippen LogP contribution in [0.1, 0.15) is 24.0 Å². The molecular weight excluding hydrogens is 230 g/mol. The summed E-state index contributed by atoms with van der Waals surface area (Å²) in [5, 5.41) is 0. The van der Waals surface area contributed by atoms with Crippen LogP contribution in [0.15, 0.2) is 18.2 Å². The molecule has 0 radical (unpaired) electrons. The summed E-state index contributed by atoms with van der Waals surface area (Å²) >= 11 is 0. The van der Waals surface area contributed by atoms with Gasteiger partial charge in [-0.2, -0.15) is 0 Å². The lowest BCUT2D eigenvalue weighted by Gasteiger charge is -2.24. The van der Waals surface area contributed by atoms with E-state index in [0.29, 0.717) is 18.7 Å². The van der Waals surface area contributed by atoms with Crippen molar-refractivity contribution in [3.8, 4) is 5.75 Å². The molecule has 1 aromatic rings. The molecule has 0 aromatic heterocycles. The third-order valence-electron chi connectivity index (χ3n) is 3.19. The quantitative estimate of drug-likeness (QED) is 0.765. The van der Waals surface area contributed by atoms with E-state index in [1.54, 1.807) is 6.07 Å². The molecule has 96 valence electrons. The Kier molecular flexibility index (Phi) is 3.65. The fraction of sp³-hybridized carbons (Fsp3) is 0.429. The van der Waals surface area contributed by atoms with Crippen LogP contribution < -0.4 is 4.74 Å². The van der Waals surface area contributed by atoms with Gasteiger partial charge in [-0.15, -0.1) is 0 Å². The maximum atomic E-state index is 11.9. The molecule has 0 unspecified atom stereocenters. The number of hydrogen-bond acceptors (Lipinski definition) is 3. The summed E-state index contributed by atoms with van der Waals surface area (Å²) in [6, 6.07) is 5.52. The molecule has 1 fully saturated rings. The number of rotatable bonds is 1. The van der Waals surface area contributed by atoms with Crippen molar-refractivity contribution >= 4 is 11.9 Å². The molecule has 0 N–H and O–H groups in total. The lowest BCUT2D eigenvalue weighted by Crippen LogP contribution is -2.41. The highest BCUT2D eigenvalue weighted by Crippen LogP contribution is 2.18. The fourth-order valence-corrected chi connectivity index (χ4v) is 1.94.